The van der Waals surface area contributed by atoms with Gasteiger partial charge >= 0.3 is 5.97 Å². The Kier molecular flexibility index (Phi) is 4.14. The molecule has 114 valence electrons. The summed E-state index contributed by atoms with van der Waals surface area (Å²) in [6.45, 7) is 4.54. The smallest absolute Gasteiger partial charge is 0.313 e. The molecule has 1 aliphatic carbocycles. The predicted octanol–water partition coefficient (Wildman–Crippen LogP) is 3.97. The Morgan fingerprint density at radius 2 is 1.77 bits per heavy atom. The molecule has 0 saturated heterocycles. The largest absolute Gasteiger partial charge is 0.460 e. The molecule has 0 saturated carbocycles. The van der Waals surface area contributed by atoms with Crippen molar-refractivity contribution in [2.75, 3.05) is 0 Å². The molecule has 3 rings (SSSR count). The van der Waals surface area contributed by atoms with Gasteiger partial charge < -0.3 is 9.30 Å². The summed E-state index contributed by atoms with van der Waals surface area (Å²) in [5, 5.41) is 0. The van der Waals surface area contributed by atoms with E-state index in [1.54, 1.807) is 0 Å². The molecule has 1 aromatic carbocycles. The molecule has 22 heavy (non-hydrogen) atoms. The van der Waals surface area contributed by atoms with Gasteiger partial charge in [0.15, 0.2) is 0 Å². The summed E-state index contributed by atoms with van der Waals surface area (Å²) in [5.74, 6) is -0.278. The Balaban J connectivity index is 1.59. The first-order valence-electron chi connectivity index (χ1n) is 7.68. The Morgan fingerprint density at radius 3 is 2.45 bits per heavy atom. The average molecular weight is 295 g/mol. The number of benzene rings is 1. The maximum absolute atomic E-state index is 12.2. The SMILES string of the molecule is Cc1ccc(C)n1[C@@H]1C=C[C@@H](C(=O)OCc2ccccc2)C1. The number of rotatable bonds is 4. The van der Waals surface area contributed by atoms with Crippen molar-refractivity contribution in [2.24, 2.45) is 5.92 Å². The monoisotopic (exact) mass is 295 g/mol. The third-order valence-corrected chi connectivity index (χ3v) is 4.25. The molecule has 0 N–H and O–H groups in total. The first-order valence-corrected chi connectivity index (χ1v) is 7.68. The fraction of sp³-hybridized carbons (Fsp3) is 0.316. The standard InChI is InChI=1S/C19H21NO2/c1-14-8-9-15(2)20(14)18-11-10-17(12-18)19(21)22-13-16-6-4-3-5-7-16/h3-11,17-18H,12-13H2,1-2H3/t17-,18-/m1/s1. The number of aryl methyl sites for hydroxylation is 2. The lowest BCUT2D eigenvalue weighted by Gasteiger charge is -2.17. The Bertz CT molecular complexity index is 665. The fourth-order valence-electron chi connectivity index (χ4n) is 3.08. The minimum absolute atomic E-state index is 0.134. The van der Waals surface area contributed by atoms with Crippen LogP contribution in [0.25, 0.3) is 0 Å². The summed E-state index contributed by atoms with van der Waals surface area (Å²) in [4.78, 5) is 12.2. The number of hydrogen-bond donors (Lipinski definition) is 0. The van der Waals surface area contributed by atoms with Gasteiger partial charge in [0.25, 0.3) is 0 Å². The van der Waals surface area contributed by atoms with Crippen LogP contribution in [0.1, 0.15) is 29.4 Å². The van der Waals surface area contributed by atoms with E-state index in [0.29, 0.717) is 6.61 Å². The van der Waals surface area contributed by atoms with Crippen molar-refractivity contribution in [3.63, 3.8) is 0 Å². The van der Waals surface area contributed by atoms with E-state index in [9.17, 15) is 4.79 Å². The molecular formula is C19H21NO2. The van der Waals surface area contributed by atoms with Crippen molar-refractivity contribution in [1.82, 2.24) is 4.57 Å². The lowest BCUT2D eigenvalue weighted by Crippen LogP contribution is -2.17. The second-order valence-corrected chi connectivity index (χ2v) is 5.87. The van der Waals surface area contributed by atoms with E-state index >= 15 is 0 Å². The molecule has 1 aromatic heterocycles. The molecule has 0 bridgehead atoms. The third kappa shape index (κ3) is 2.98. The number of nitrogens with zero attached hydrogens (tertiary/aromatic N) is 1. The maximum Gasteiger partial charge on any atom is 0.313 e. The summed E-state index contributed by atoms with van der Waals surface area (Å²) in [6, 6.07) is 14.3. The van der Waals surface area contributed by atoms with Crippen molar-refractivity contribution in [1.29, 1.82) is 0 Å². The molecule has 2 aromatic rings. The van der Waals surface area contributed by atoms with E-state index in [0.717, 1.165) is 12.0 Å². The lowest BCUT2D eigenvalue weighted by atomic mass is 10.1. The van der Waals surface area contributed by atoms with Gasteiger partial charge in [-0.15, -0.1) is 0 Å². The molecule has 1 aliphatic rings. The highest BCUT2D eigenvalue weighted by atomic mass is 16.5. The van der Waals surface area contributed by atoms with Crippen LogP contribution in [0.5, 0.6) is 0 Å². The number of aromatic nitrogens is 1. The topological polar surface area (TPSA) is 31.2 Å². The molecule has 0 spiro atoms. The molecule has 0 aliphatic heterocycles. The zero-order chi connectivity index (χ0) is 15.5. The summed E-state index contributed by atoms with van der Waals surface area (Å²) >= 11 is 0. The van der Waals surface area contributed by atoms with Gasteiger partial charge in [-0.1, -0.05) is 42.5 Å². The van der Waals surface area contributed by atoms with E-state index in [1.807, 2.05) is 36.4 Å². The number of allylic oxidation sites excluding steroid dienone is 1. The van der Waals surface area contributed by atoms with Crippen LogP contribution in [-0.4, -0.2) is 10.5 Å². The minimum Gasteiger partial charge on any atom is -0.460 e. The number of esters is 1. The highest BCUT2D eigenvalue weighted by molar-refractivity contribution is 5.75. The number of carbonyl (C=O) groups excluding carboxylic acids is 1. The van der Waals surface area contributed by atoms with Crippen LogP contribution in [0.3, 0.4) is 0 Å². The number of hydrogen-bond acceptors (Lipinski definition) is 2. The van der Waals surface area contributed by atoms with Crippen LogP contribution in [0, 0.1) is 19.8 Å². The zero-order valence-corrected chi connectivity index (χ0v) is 13.0. The van der Waals surface area contributed by atoms with Crippen molar-refractivity contribution >= 4 is 5.97 Å². The van der Waals surface area contributed by atoms with Crippen LogP contribution in [-0.2, 0) is 16.1 Å². The number of ether oxygens (including phenoxy) is 1. The summed E-state index contributed by atoms with van der Waals surface area (Å²) in [7, 11) is 0. The third-order valence-electron chi connectivity index (χ3n) is 4.25. The van der Waals surface area contributed by atoms with Gasteiger partial charge in [-0.05, 0) is 38.0 Å². The van der Waals surface area contributed by atoms with Crippen LogP contribution >= 0.6 is 0 Å². The molecule has 0 radical (unpaired) electrons. The van der Waals surface area contributed by atoms with Gasteiger partial charge in [0.1, 0.15) is 6.61 Å². The Labute approximate surface area is 131 Å². The van der Waals surface area contributed by atoms with Crippen LogP contribution in [0.2, 0.25) is 0 Å². The normalized spacial score (nSPS) is 20.3. The molecule has 0 amide bonds. The van der Waals surface area contributed by atoms with Gasteiger partial charge in [-0.2, -0.15) is 0 Å². The molecule has 3 heteroatoms. The first kappa shape index (κ1) is 14.6. The van der Waals surface area contributed by atoms with Crippen LogP contribution < -0.4 is 0 Å². The highest BCUT2D eigenvalue weighted by Gasteiger charge is 2.28. The van der Waals surface area contributed by atoms with Gasteiger partial charge in [-0.3, -0.25) is 4.79 Å². The van der Waals surface area contributed by atoms with Gasteiger partial charge in [-0.25, -0.2) is 0 Å². The van der Waals surface area contributed by atoms with Gasteiger partial charge in [0.05, 0.1) is 12.0 Å². The Hall–Kier alpha value is -2.29. The lowest BCUT2D eigenvalue weighted by molar-refractivity contribution is -0.148. The van der Waals surface area contributed by atoms with E-state index in [2.05, 4.69) is 36.6 Å². The van der Waals surface area contributed by atoms with Gasteiger partial charge in [0, 0.05) is 11.4 Å². The number of carbonyl (C=O) groups is 1. The second kappa shape index (κ2) is 6.22. The fourth-order valence-corrected chi connectivity index (χ4v) is 3.08. The van der Waals surface area contributed by atoms with Crippen molar-refractivity contribution in [2.45, 2.75) is 32.9 Å². The summed E-state index contributed by atoms with van der Waals surface area (Å²) in [5.41, 5.74) is 3.47. The molecule has 0 fully saturated rings. The highest BCUT2D eigenvalue weighted by Crippen LogP contribution is 2.31. The van der Waals surface area contributed by atoms with Crippen molar-refractivity contribution < 1.29 is 9.53 Å². The zero-order valence-electron chi connectivity index (χ0n) is 13.0. The second-order valence-electron chi connectivity index (χ2n) is 5.87. The predicted molar refractivity (Wildman–Crippen MR) is 86.4 cm³/mol. The summed E-state index contributed by atoms with van der Waals surface area (Å²) < 4.78 is 7.72. The Morgan fingerprint density at radius 1 is 1.09 bits per heavy atom. The van der Waals surface area contributed by atoms with E-state index in [4.69, 9.17) is 4.74 Å². The first-order chi connectivity index (χ1) is 10.6. The molecule has 2 atom stereocenters. The maximum atomic E-state index is 12.2. The molecule has 1 heterocycles. The van der Waals surface area contributed by atoms with E-state index in [-0.39, 0.29) is 17.9 Å². The quantitative estimate of drug-likeness (QED) is 0.631. The van der Waals surface area contributed by atoms with Crippen molar-refractivity contribution in [3.05, 3.63) is 71.6 Å². The molecular weight excluding hydrogens is 274 g/mol. The van der Waals surface area contributed by atoms with Crippen LogP contribution in [0.4, 0.5) is 0 Å². The van der Waals surface area contributed by atoms with Crippen LogP contribution in [0.15, 0.2) is 54.6 Å². The molecule has 0 unspecified atom stereocenters. The van der Waals surface area contributed by atoms with E-state index < -0.39 is 0 Å². The summed E-state index contributed by atoms with van der Waals surface area (Å²) in [6.07, 6.45) is 4.88. The van der Waals surface area contributed by atoms with Gasteiger partial charge in [0.2, 0.25) is 0 Å². The minimum atomic E-state index is -0.144. The molecule has 3 nitrogen and oxygen atoms in total. The van der Waals surface area contributed by atoms with E-state index in [1.165, 1.54) is 11.4 Å². The van der Waals surface area contributed by atoms with Crippen molar-refractivity contribution in [3.8, 4) is 0 Å². The average Bonchev–Trinajstić information content (AvgIpc) is 3.13.